The zero-order valence-corrected chi connectivity index (χ0v) is 12.2. The summed E-state index contributed by atoms with van der Waals surface area (Å²) in [5, 5.41) is 0. The topological polar surface area (TPSA) is 29.3 Å². The third-order valence-corrected chi connectivity index (χ3v) is 3.24. The van der Waals surface area contributed by atoms with Crippen LogP contribution in [0.25, 0.3) is 0 Å². The molecule has 0 heterocycles. The predicted molar refractivity (Wildman–Crippen MR) is 73.6 cm³/mol. The summed E-state index contributed by atoms with van der Waals surface area (Å²) < 4.78 is 0. The number of hydrogen-bond donors (Lipinski definition) is 1. The molecule has 0 aromatic carbocycles. The van der Waals surface area contributed by atoms with Crippen LogP contribution in [-0.4, -0.2) is 31.1 Å². The average Bonchev–Trinajstić information content (AvgIpc) is 2.14. The first-order valence-electron chi connectivity index (χ1n) is 6.70. The summed E-state index contributed by atoms with van der Waals surface area (Å²) in [6.07, 6.45) is 3.76. The molecule has 0 aromatic rings. The first-order chi connectivity index (χ1) is 7.30. The van der Waals surface area contributed by atoms with Gasteiger partial charge in [0.15, 0.2) is 0 Å². The molecule has 2 nitrogen and oxygen atoms in total. The molecule has 0 bridgehead atoms. The maximum Gasteiger partial charge on any atom is 0.00639 e. The van der Waals surface area contributed by atoms with Crippen molar-refractivity contribution in [3.8, 4) is 0 Å². The van der Waals surface area contributed by atoms with Crippen LogP contribution in [0.2, 0.25) is 0 Å². The summed E-state index contributed by atoms with van der Waals surface area (Å²) in [4.78, 5) is 2.47. The molecular formula is C14H32N2. The van der Waals surface area contributed by atoms with E-state index in [0.29, 0.717) is 17.4 Å². The molecule has 0 aliphatic heterocycles. The normalized spacial score (nSPS) is 16.5. The minimum absolute atomic E-state index is 0.388. The zero-order valence-electron chi connectivity index (χ0n) is 12.2. The fourth-order valence-corrected chi connectivity index (χ4v) is 2.31. The Morgan fingerprint density at radius 2 is 1.81 bits per heavy atom. The highest BCUT2D eigenvalue weighted by Crippen LogP contribution is 2.24. The van der Waals surface area contributed by atoms with Crippen LogP contribution in [0.1, 0.15) is 53.9 Å². The van der Waals surface area contributed by atoms with E-state index in [2.05, 4.69) is 46.6 Å². The molecule has 2 heteroatoms. The Balaban J connectivity index is 4.11. The summed E-state index contributed by atoms with van der Waals surface area (Å²) in [6.45, 7) is 13.4. The molecule has 0 radical (unpaired) electrons. The van der Waals surface area contributed by atoms with Crippen molar-refractivity contribution < 1.29 is 0 Å². The van der Waals surface area contributed by atoms with Gasteiger partial charge in [0.05, 0.1) is 0 Å². The first kappa shape index (κ1) is 15.9. The second-order valence-electron chi connectivity index (χ2n) is 6.44. The molecule has 98 valence electrons. The van der Waals surface area contributed by atoms with Crippen molar-refractivity contribution in [3.63, 3.8) is 0 Å². The lowest BCUT2D eigenvalue weighted by Crippen LogP contribution is -2.37. The molecule has 0 aromatic heterocycles. The molecule has 0 rings (SSSR count). The molecule has 16 heavy (non-hydrogen) atoms. The minimum Gasteiger partial charge on any atom is -0.330 e. The van der Waals surface area contributed by atoms with Crippen molar-refractivity contribution in [3.05, 3.63) is 0 Å². The van der Waals surface area contributed by atoms with Gasteiger partial charge in [0.2, 0.25) is 0 Å². The van der Waals surface area contributed by atoms with Gasteiger partial charge < -0.3 is 10.6 Å². The highest BCUT2D eigenvalue weighted by atomic mass is 15.1. The summed E-state index contributed by atoms with van der Waals surface area (Å²) in [5.74, 6) is 0.629. The maximum absolute atomic E-state index is 5.88. The van der Waals surface area contributed by atoms with Gasteiger partial charge in [0, 0.05) is 12.6 Å². The van der Waals surface area contributed by atoms with Crippen LogP contribution in [0.5, 0.6) is 0 Å². The Bertz CT molecular complexity index is 172. The van der Waals surface area contributed by atoms with Crippen LogP contribution in [0, 0.1) is 11.3 Å². The lowest BCUT2D eigenvalue weighted by atomic mass is 9.84. The molecule has 0 saturated heterocycles. The van der Waals surface area contributed by atoms with E-state index in [1.807, 2.05) is 0 Å². The highest BCUT2D eigenvalue weighted by Gasteiger charge is 2.20. The molecule has 2 unspecified atom stereocenters. The van der Waals surface area contributed by atoms with Crippen LogP contribution in [0.15, 0.2) is 0 Å². The summed E-state index contributed by atoms with van der Waals surface area (Å²) in [6, 6.07) is 0.680. The average molecular weight is 228 g/mol. The van der Waals surface area contributed by atoms with Crippen molar-refractivity contribution >= 4 is 0 Å². The number of nitrogens with two attached hydrogens (primary N) is 1. The molecular weight excluding hydrogens is 196 g/mol. The number of rotatable bonds is 7. The molecule has 2 atom stereocenters. The predicted octanol–water partition coefficient (Wildman–Crippen LogP) is 3.12. The molecule has 0 saturated carbocycles. The first-order valence-corrected chi connectivity index (χ1v) is 6.70. The largest absolute Gasteiger partial charge is 0.330 e. The summed E-state index contributed by atoms with van der Waals surface area (Å²) in [5.41, 5.74) is 6.26. The van der Waals surface area contributed by atoms with E-state index < -0.39 is 0 Å². The van der Waals surface area contributed by atoms with E-state index in [9.17, 15) is 0 Å². The van der Waals surface area contributed by atoms with E-state index in [1.165, 1.54) is 19.3 Å². The fourth-order valence-electron chi connectivity index (χ4n) is 2.31. The Labute approximate surface area is 103 Å². The van der Waals surface area contributed by atoms with E-state index in [1.54, 1.807) is 0 Å². The van der Waals surface area contributed by atoms with Crippen molar-refractivity contribution in [1.29, 1.82) is 0 Å². The SMILES string of the molecule is CCCC(C)N(C)CC(CN)CC(C)(C)C. The van der Waals surface area contributed by atoms with Gasteiger partial charge in [-0.2, -0.15) is 0 Å². The third kappa shape index (κ3) is 7.24. The van der Waals surface area contributed by atoms with Crippen LogP contribution >= 0.6 is 0 Å². The van der Waals surface area contributed by atoms with Crippen molar-refractivity contribution in [1.82, 2.24) is 4.90 Å². The van der Waals surface area contributed by atoms with Gasteiger partial charge in [-0.15, -0.1) is 0 Å². The van der Waals surface area contributed by atoms with Gasteiger partial charge in [-0.1, -0.05) is 34.1 Å². The number of nitrogens with zero attached hydrogens (tertiary/aromatic N) is 1. The maximum atomic E-state index is 5.88. The second kappa shape index (κ2) is 7.29. The summed E-state index contributed by atoms with van der Waals surface area (Å²) >= 11 is 0. The van der Waals surface area contributed by atoms with Gasteiger partial charge in [0.25, 0.3) is 0 Å². The Hall–Kier alpha value is -0.0800. The van der Waals surface area contributed by atoms with Crippen LogP contribution < -0.4 is 5.73 Å². The van der Waals surface area contributed by atoms with Crippen LogP contribution in [0.3, 0.4) is 0 Å². The van der Waals surface area contributed by atoms with Crippen LogP contribution in [0.4, 0.5) is 0 Å². The number of hydrogen-bond acceptors (Lipinski definition) is 2. The van der Waals surface area contributed by atoms with E-state index in [4.69, 9.17) is 5.73 Å². The summed E-state index contributed by atoms with van der Waals surface area (Å²) in [7, 11) is 2.23. The molecule has 2 N–H and O–H groups in total. The Kier molecular flexibility index (Phi) is 7.25. The minimum atomic E-state index is 0.388. The van der Waals surface area contributed by atoms with E-state index in [0.717, 1.165) is 13.1 Å². The molecule has 0 spiro atoms. The van der Waals surface area contributed by atoms with Crippen molar-refractivity contribution in [2.24, 2.45) is 17.1 Å². The van der Waals surface area contributed by atoms with E-state index in [-0.39, 0.29) is 0 Å². The van der Waals surface area contributed by atoms with E-state index >= 15 is 0 Å². The van der Waals surface area contributed by atoms with Crippen molar-refractivity contribution in [2.75, 3.05) is 20.1 Å². The molecule has 0 aliphatic rings. The Morgan fingerprint density at radius 3 is 2.19 bits per heavy atom. The lowest BCUT2D eigenvalue weighted by Gasteiger charge is -2.31. The third-order valence-electron chi connectivity index (χ3n) is 3.24. The zero-order chi connectivity index (χ0) is 12.8. The van der Waals surface area contributed by atoms with Gasteiger partial charge >= 0.3 is 0 Å². The monoisotopic (exact) mass is 228 g/mol. The standard InChI is InChI=1S/C14H32N2/c1-7-8-12(2)16(6)11-13(10-15)9-14(3,4)5/h12-13H,7-11,15H2,1-6H3. The van der Waals surface area contributed by atoms with Gasteiger partial charge in [-0.05, 0) is 44.7 Å². The van der Waals surface area contributed by atoms with Gasteiger partial charge in [-0.3, -0.25) is 0 Å². The molecule has 0 amide bonds. The quantitative estimate of drug-likeness (QED) is 0.725. The fraction of sp³-hybridized carbons (Fsp3) is 1.00. The van der Waals surface area contributed by atoms with Gasteiger partial charge in [0.1, 0.15) is 0 Å². The Morgan fingerprint density at radius 1 is 1.25 bits per heavy atom. The lowest BCUT2D eigenvalue weighted by molar-refractivity contribution is 0.179. The smallest absolute Gasteiger partial charge is 0.00639 e. The van der Waals surface area contributed by atoms with Crippen LogP contribution in [-0.2, 0) is 0 Å². The van der Waals surface area contributed by atoms with Gasteiger partial charge in [-0.25, -0.2) is 0 Å². The van der Waals surface area contributed by atoms with Crippen molar-refractivity contribution in [2.45, 2.75) is 59.9 Å². The molecule has 0 fully saturated rings. The second-order valence-corrected chi connectivity index (χ2v) is 6.44. The molecule has 0 aliphatic carbocycles. The highest BCUT2D eigenvalue weighted by molar-refractivity contribution is 4.74.